The van der Waals surface area contributed by atoms with Gasteiger partial charge in [-0.25, -0.2) is 0 Å². The van der Waals surface area contributed by atoms with Gasteiger partial charge in [0.15, 0.2) is 8.32 Å². The summed E-state index contributed by atoms with van der Waals surface area (Å²) in [5, 5.41) is 1.74. The molecule has 0 aliphatic rings. The summed E-state index contributed by atoms with van der Waals surface area (Å²) >= 11 is 0. The summed E-state index contributed by atoms with van der Waals surface area (Å²) < 4.78 is 114. The monoisotopic (exact) mass is 896 g/mol. The molecule has 0 aliphatic carbocycles. The molecule has 336 valence electrons. The third-order valence-electron chi connectivity index (χ3n) is 11.6. The van der Waals surface area contributed by atoms with E-state index in [0.29, 0.717) is 12.8 Å². The molecule has 0 saturated carbocycles. The van der Waals surface area contributed by atoms with Crippen molar-refractivity contribution in [3.63, 3.8) is 0 Å². The van der Waals surface area contributed by atoms with Crippen LogP contribution in [0.1, 0.15) is 102 Å². The molecule has 2 rings (SSSR count). The van der Waals surface area contributed by atoms with Gasteiger partial charge in [0.1, 0.15) is 8.07 Å². The molecule has 0 aliphatic heterocycles. The number of allylic oxidation sites excluding steroid dienone is 4. The Hall–Kier alpha value is -2.70. The van der Waals surface area contributed by atoms with E-state index in [1.54, 1.807) is 27.7 Å². The normalized spacial score (nSPS) is 16.2. The van der Waals surface area contributed by atoms with Crippen LogP contribution in [0.15, 0.2) is 95.6 Å². The highest BCUT2D eigenvalue weighted by atomic mass is 28.4. The number of hydrogen-bond donors (Lipinski definition) is 0. The molecular formula is C48H71F7O2Si3. The number of benzene rings is 2. The molecule has 60 heavy (non-hydrogen) atoms. The predicted octanol–water partition coefficient (Wildman–Crippen LogP) is 14.5. The molecule has 0 saturated heterocycles. The van der Waals surface area contributed by atoms with Crippen molar-refractivity contribution in [2.24, 2.45) is 5.92 Å². The average molecular weight is 897 g/mol. The van der Waals surface area contributed by atoms with E-state index in [-0.39, 0.29) is 0 Å². The van der Waals surface area contributed by atoms with E-state index in [0.717, 1.165) is 27.1 Å². The Morgan fingerprint density at radius 2 is 1.23 bits per heavy atom. The molecule has 0 spiro atoms. The molecule has 0 radical (unpaired) electrons. The van der Waals surface area contributed by atoms with Crippen LogP contribution in [0.3, 0.4) is 0 Å². The van der Waals surface area contributed by atoms with Crippen molar-refractivity contribution >= 4 is 35.1 Å². The lowest BCUT2D eigenvalue weighted by Gasteiger charge is -2.49. The van der Waals surface area contributed by atoms with Crippen LogP contribution in [0.5, 0.6) is 0 Å². The van der Waals surface area contributed by atoms with E-state index in [1.807, 2.05) is 70.2 Å². The largest absolute Gasteiger partial charge is 0.459 e. The van der Waals surface area contributed by atoms with E-state index in [2.05, 4.69) is 95.2 Å². The van der Waals surface area contributed by atoms with Gasteiger partial charge in [0, 0.05) is 18.8 Å². The number of alkyl halides is 7. The van der Waals surface area contributed by atoms with Crippen molar-refractivity contribution < 1.29 is 39.6 Å². The van der Waals surface area contributed by atoms with Gasteiger partial charge in [0.05, 0.1) is 12.2 Å². The standard InChI is InChI=1S/C48H71F7O2Si3/c1-16-39(8)44(57-59(35(2)3,36(4)5)33-31-46(49,50)47(51,52)48(53,54)55)40(9)43(30-29-38(7)34-37(6)24-23-32-58(13,14)15)56-60(45(10,11)12,41-25-19-17-20-26-41)42-27-21-18-22-28-42/h16-22,25-29,34-36,40,43-44H,24,30-31,33H2,1-15H3/b37-34+,38-29+,39-16+/t40-,43-,44-/m0/s1. The first-order chi connectivity index (χ1) is 27.4. The summed E-state index contributed by atoms with van der Waals surface area (Å²) in [6.07, 6.45) is -2.04. The van der Waals surface area contributed by atoms with E-state index < -0.39 is 89.4 Å². The highest BCUT2D eigenvalue weighted by Crippen LogP contribution is 2.51. The Morgan fingerprint density at radius 3 is 1.63 bits per heavy atom. The lowest BCUT2D eigenvalue weighted by molar-refractivity contribution is -0.354. The van der Waals surface area contributed by atoms with E-state index >= 15 is 8.78 Å². The van der Waals surface area contributed by atoms with Gasteiger partial charge in [-0.2, -0.15) is 30.7 Å². The van der Waals surface area contributed by atoms with Gasteiger partial charge in [0.25, 0.3) is 8.32 Å². The van der Waals surface area contributed by atoms with E-state index in [1.165, 1.54) is 0 Å². The molecule has 0 unspecified atom stereocenters. The quantitative estimate of drug-likeness (QED) is 0.0460. The highest BCUT2D eigenvalue weighted by Gasteiger charge is 2.73. The molecule has 12 heteroatoms. The van der Waals surface area contributed by atoms with Gasteiger partial charge < -0.3 is 8.85 Å². The van der Waals surface area contributed by atoms with Crippen molar-refractivity contribution in [3.05, 3.63) is 95.6 Å². The van der Waals surface area contributed by atoms with Crippen LogP contribution in [0.2, 0.25) is 41.8 Å². The van der Waals surface area contributed by atoms with Crippen molar-refractivity contribution in [1.82, 2.24) is 0 Å². The zero-order chi connectivity index (χ0) is 46.1. The van der Waals surface area contributed by atoms with Gasteiger partial charge in [-0.1, -0.05) is 165 Å². The van der Waals surface area contributed by atoms with Gasteiger partial charge in [-0.05, 0) is 72.2 Å². The first kappa shape index (κ1) is 53.4. The summed E-state index contributed by atoms with van der Waals surface area (Å²) in [7, 11) is -8.30. The fourth-order valence-corrected chi connectivity index (χ4v) is 18.2. The van der Waals surface area contributed by atoms with Crippen molar-refractivity contribution in [2.45, 2.75) is 174 Å². The maximum Gasteiger partial charge on any atom is 0.459 e. The molecule has 3 atom stereocenters. The predicted molar refractivity (Wildman–Crippen MR) is 245 cm³/mol. The summed E-state index contributed by atoms with van der Waals surface area (Å²) in [6.45, 7) is 30.2. The van der Waals surface area contributed by atoms with Crippen LogP contribution in [0, 0.1) is 17.4 Å². The first-order valence-electron chi connectivity index (χ1n) is 21.2. The Kier molecular flexibility index (Phi) is 18.8. The lowest BCUT2D eigenvalue weighted by Crippen LogP contribution is -2.68. The molecule has 0 aromatic heterocycles. The third-order valence-corrected chi connectivity index (χ3v) is 23.3. The summed E-state index contributed by atoms with van der Waals surface area (Å²) in [4.78, 5) is 0. The van der Waals surface area contributed by atoms with Crippen molar-refractivity contribution in [1.29, 1.82) is 0 Å². The minimum absolute atomic E-state index is 0.395. The fraction of sp³-hybridized carbons (Fsp3) is 0.583. The maximum atomic E-state index is 15.1. The zero-order valence-corrected chi connectivity index (χ0v) is 41.7. The Morgan fingerprint density at radius 1 is 0.750 bits per heavy atom. The summed E-state index contributed by atoms with van der Waals surface area (Å²) in [6, 6.07) is 19.8. The maximum absolute atomic E-state index is 15.1. The molecule has 0 fully saturated rings. The summed E-state index contributed by atoms with van der Waals surface area (Å²) in [5.74, 6) is -8.60. The first-order valence-corrected chi connectivity index (χ1v) is 28.8. The van der Waals surface area contributed by atoms with Gasteiger partial charge in [-0.3, -0.25) is 0 Å². The Bertz CT molecular complexity index is 1760. The molecule has 2 aromatic rings. The minimum atomic E-state index is -6.40. The lowest BCUT2D eigenvalue weighted by atomic mass is 9.91. The minimum Gasteiger partial charge on any atom is -0.409 e. The SMILES string of the molecule is C/C=C(\C)[C@H](O[Si](CCC(F)(F)C(F)(F)C(F)(F)F)(C(C)C)C(C)C)[C@@H](C)[C@H](C/C=C(C)/C=C(\C)CC#C[Si](C)(C)C)O[Si](c1ccccc1)(c1ccccc1)C(C)(C)C. The topological polar surface area (TPSA) is 18.5 Å². The molecule has 0 bridgehead atoms. The fourth-order valence-electron chi connectivity index (χ4n) is 8.04. The second kappa shape index (κ2) is 21.1. The van der Waals surface area contributed by atoms with Gasteiger partial charge >= 0.3 is 18.0 Å². The van der Waals surface area contributed by atoms with Crippen LogP contribution >= 0.6 is 0 Å². The van der Waals surface area contributed by atoms with Crippen LogP contribution in [0.25, 0.3) is 0 Å². The molecule has 0 N–H and O–H groups in total. The second-order valence-electron chi connectivity index (χ2n) is 19.2. The molecule has 2 nitrogen and oxygen atoms in total. The number of halogens is 7. The molecule has 0 amide bonds. The van der Waals surface area contributed by atoms with Crippen molar-refractivity contribution in [3.8, 4) is 11.5 Å². The molecule has 0 heterocycles. The average Bonchev–Trinajstić information content (AvgIpc) is 3.13. The molecular weight excluding hydrogens is 826 g/mol. The Balaban J connectivity index is 2.91. The zero-order valence-electron chi connectivity index (χ0n) is 38.7. The smallest absolute Gasteiger partial charge is 0.409 e. The van der Waals surface area contributed by atoms with Crippen LogP contribution in [-0.4, -0.2) is 54.9 Å². The Labute approximate surface area is 360 Å². The van der Waals surface area contributed by atoms with Crippen LogP contribution < -0.4 is 10.4 Å². The number of hydrogen-bond acceptors (Lipinski definition) is 2. The molecule has 2 aromatic carbocycles. The highest BCUT2D eigenvalue weighted by molar-refractivity contribution is 6.99. The van der Waals surface area contributed by atoms with Crippen LogP contribution in [-0.2, 0) is 8.85 Å². The number of rotatable bonds is 19. The second-order valence-corrected chi connectivity index (χ2v) is 33.2. The van der Waals surface area contributed by atoms with E-state index in [4.69, 9.17) is 8.85 Å². The van der Waals surface area contributed by atoms with Crippen LogP contribution in [0.4, 0.5) is 30.7 Å². The summed E-state index contributed by atoms with van der Waals surface area (Å²) in [5.41, 5.74) is 5.56. The van der Waals surface area contributed by atoms with E-state index in [9.17, 15) is 22.0 Å². The van der Waals surface area contributed by atoms with Gasteiger partial charge in [-0.15, -0.1) is 11.5 Å². The van der Waals surface area contributed by atoms with Gasteiger partial charge in [0.2, 0.25) is 0 Å². The third kappa shape index (κ3) is 13.2. The van der Waals surface area contributed by atoms with Crippen molar-refractivity contribution in [2.75, 3.05) is 0 Å².